The molecule has 0 aliphatic heterocycles. The van der Waals surface area contributed by atoms with Crippen LogP contribution in [0.1, 0.15) is 29.0 Å². The van der Waals surface area contributed by atoms with Crippen LogP contribution in [0.3, 0.4) is 0 Å². The lowest BCUT2D eigenvalue weighted by molar-refractivity contribution is 0.0945. The van der Waals surface area contributed by atoms with Gasteiger partial charge in [0.05, 0.1) is 14.7 Å². The lowest BCUT2D eigenvalue weighted by Gasteiger charge is -2.10. The SMILES string of the molecule is O=C(NCCc1ccccn1)c1cc2scc(Br)c2n1CC1CC1. The van der Waals surface area contributed by atoms with Crippen LogP contribution in [-0.2, 0) is 13.0 Å². The fourth-order valence-electron chi connectivity index (χ4n) is 2.91. The number of aromatic nitrogens is 2. The van der Waals surface area contributed by atoms with E-state index >= 15 is 0 Å². The van der Waals surface area contributed by atoms with Crippen molar-refractivity contribution in [1.29, 1.82) is 0 Å². The van der Waals surface area contributed by atoms with Gasteiger partial charge in [0.2, 0.25) is 0 Å². The molecule has 0 unspecified atom stereocenters. The minimum absolute atomic E-state index is 0.00174. The average molecular weight is 404 g/mol. The number of hydrogen-bond acceptors (Lipinski definition) is 3. The number of carbonyl (C=O) groups excluding carboxylic acids is 1. The summed E-state index contributed by atoms with van der Waals surface area (Å²) in [6.07, 6.45) is 5.06. The molecule has 24 heavy (non-hydrogen) atoms. The van der Waals surface area contributed by atoms with E-state index in [-0.39, 0.29) is 5.91 Å². The molecule has 4 rings (SSSR count). The van der Waals surface area contributed by atoms with Crippen LogP contribution in [0, 0.1) is 5.92 Å². The first-order valence-corrected chi connectivity index (χ1v) is 9.84. The van der Waals surface area contributed by atoms with Gasteiger partial charge in [-0.15, -0.1) is 11.3 Å². The summed E-state index contributed by atoms with van der Waals surface area (Å²) >= 11 is 5.30. The predicted molar refractivity (Wildman–Crippen MR) is 101 cm³/mol. The zero-order chi connectivity index (χ0) is 16.5. The highest BCUT2D eigenvalue weighted by atomic mass is 79.9. The molecule has 0 spiro atoms. The van der Waals surface area contributed by atoms with E-state index in [0.29, 0.717) is 12.5 Å². The van der Waals surface area contributed by atoms with Gasteiger partial charge in [-0.25, -0.2) is 0 Å². The molecule has 1 N–H and O–H groups in total. The smallest absolute Gasteiger partial charge is 0.267 e. The number of nitrogens with zero attached hydrogens (tertiary/aromatic N) is 2. The molecule has 0 bridgehead atoms. The highest BCUT2D eigenvalue weighted by molar-refractivity contribution is 9.10. The van der Waals surface area contributed by atoms with Crippen LogP contribution in [0.2, 0.25) is 0 Å². The van der Waals surface area contributed by atoms with Crippen LogP contribution in [-0.4, -0.2) is 22.0 Å². The van der Waals surface area contributed by atoms with Crippen molar-refractivity contribution in [3.8, 4) is 0 Å². The molecule has 1 aliphatic rings. The molecular weight excluding hydrogens is 386 g/mol. The lowest BCUT2D eigenvalue weighted by Crippen LogP contribution is -2.28. The van der Waals surface area contributed by atoms with Gasteiger partial charge in [0.15, 0.2) is 0 Å². The highest BCUT2D eigenvalue weighted by Crippen LogP contribution is 2.37. The zero-order valence-electron chi connectivity index (χ0n) is 13.2. The van der Waals surface area contributed by atoms with Crippen LogP contribution in [0.5, 0.6) is 0 Å². The first kappa shape index (κ1) is 15.8. The molecule has 0 radical (unpaired) electrons. The zero-order valence-corrected chi connectivity index (χ0v) is 15.6. The van der Waals surface area contributed by atoms with Crippen molar-refractivity contribution in [2.45, 2.75) is 25.8 Å². The fourth-order valence-corrected chi connectivity index (χ4v) is 4.60. The Kier molecular flexibility index (Phi) is 4.41. The van der Waals surface area contributed by atoms with Crippen LogP contribution in [0.15, 0.2) is 40.3 Å². The quantitative estimate of drug-likeness (QED) is 0.668. The molecule has 6 heteroatoms. The minimum Gasteiger partial charge on any atom is -0.350 e. The molecular formula is C18H18BrN3OS. The third kappa shape index (κ3) is 3.26. The summed E-state index contributed by atoms with van der Waals surface area (Å²) in [6.45, 7) is 1.53. The number of amides is 1. The first-order valence-electron chi connectivity index (χ1n) is 8.16. The van der Waals surface area contributed by atoms with Crippen molar-refractivity contribution in [1.82, 2.24) is 14.9 Å². The molecule has 1 aliphatic carbocycles. The van der Waals surface area contributed by atoms with E-state index in [4.69, 9.17) is 0 Å². The summed E-state index contributed by atoms with van der Waals surface area (Å²) in [5.41, 5.74) is 2.92. The molecule has 3 aromatic heterocycles. The number of halogens is 1. The third-order valence-electron chi connectivity index (χ3n) is 4.34. The minimum atomic E-state index is 0.00174. The number of carbonyl (C=O) groups is 1. The normalized spacial score (nSPS) is 14.2. The van der Waals surface area contributed by atoms with Crippen LogP contribution < -0.4 is 5.32 Å². The van der Waals surface area contributed by atoms with Crippen molar-refractivity contribution in [2.24, 2.45) is 5.92 Å². The second-order valence-corrected chi connectivity index (χ2v) is 7.97. The van der Waals surface area contributed by atoms with Gasteiger partial charge in [-0.05, 0) is 52.9 Å². The Morgan fingerprint density at radius 3 is 3.04 bits per heavy atom. The topological polar surface area (TPSA) is 46.9 Å². The number of hydrogen-bond donors (Lipinski definition) is 1. The maximum absolute atomic E-state index is 12.7. The predicted octanol–water partition coefficient (Wildman–Crippen LogP) is 4.24. The van der Waals surface area contributed by atoms with E-state index in [9.17, 15) is 4.79 Å². The molecule has 0 atom stereocenters. The second-order valence-electron chi connectivity index (χ2n) is 6.21. The van der Waals surface area contributed by atoms with Gasteiger partial charge in [-0.3, -0.25) is 9.78 Å². The average Bonchev–Trinajstić information content (AvgIpc) is 3.23. The Hall–Kier alpha value is -1.66. The van der Waals surface area contributed by atoms with Crippen molar-refractivity contribution in [2.75, 3.05) is 6.54 Å². The van der Waals surface area contributed by atoms with Gasteiger partial charge in [0.25, 0.3) is 5.91 Å². The third-order valence-corrected chi connectivity index (χ3v) is 6.17. The lowest BCUT2D eigenvalue weighted by atomic mass is 10.2. The Morgan fingerprint density at radius 1 is 1.42 bits per heavy atom. The molecule has 1 saturated carbocycles. The van der Waals surface area contributed by atoms with E-state index in [2.05, 4.69) is 36.2 Å². The maximum Gasteiger partial charge on any atom is 0.267 e. The first-order chi connectivity index (χ1) is 11.7. The summed E-state index contributed by atoms with van der Waals surface area (Å²) in [7, 11) is 0. The number of nitrogens with one attached hydrogen (secondary N) is 1. The molecule has 1 fully saturated rings. The van der Waals surface area contributed by atoms with Crippen LogP contribution in [0.25, 0.3) is 10.2 Å². The van der Waals surface area contributed by atoms with E-state index in [1.165, 1.54) is 12.8 Å². The summed E-state index contributed by atoms with van der Waals surface area (Å²) in [5, 5.41) is 5.14. The summed E-state index contributed by atoms with van der Waals surface area (Å²) < 4.78 is 4.43. The molecule has 0 aromatic carbocycles. The fraction of sp³-hybridized carbons (Fsp3) is 0.333. The van der Waals surface area contributed by atoms with E-state index in [1.54, 1.807) is 17.5 Å². The number of thiophene rings is 1. The van der Waals surface area contributed by atoms with Gasteiger partial charge in [0, 0.05) is 36.8 Å². The number of pyridine rings is 1. The molecule has 0 saturated heterocycles. The van der Waals surface area contributed by atoms with E-state index in [1.807, 2.05) is 24.3 Å². The Labute approximate surface area is 153 Å². The van der Waals surface area contributed by atoms with Crippen molar-refractivity contribution in [3.63, 3.8) is 0 Å². The number of rotatable bonds is 6. The standard InChI is InChI=1S/C18H18BrN3OS/c19-14-11-24-16-9-15(22(17(14)16)10-12-4-5-12)18(23)21-8-6-13-3-1-2-7-20-13/h1-3,7,9,11-12H,4-6,8,10H2,(H,21,23). The summed E-state index contributed by atoms with van der Waals surface area (Å²) in [5.74, 6) is 0.717. The van der Waals surface area contributed by atoms with Crippen molar-refractivity contribution in [3.05, 3.63) is 51.7 Å². The van der Waals surface area contributed by atoms with Crippen LogP contribution >= 0.6 is 27.3 Å². The number of fused-ring (bicyclic) bond motifs is 1. The van der Waals surface area contributed by atoms with Gasteiger partial charge < -0.3 is 9.88 Å². The van der Waals surface area contributed by atoms with E-state index < -0.39 is 0 Å². The van der Waals surface area contributed by atoms with Gasteiger partial charge in [-0.1, -0.05) is 6.07 Å². The van der Waals surface area contributed by atoms with Gasteiger partial charge in [0.1, 0.15) is 5.69 Å². The molecule has 1 amide bonds. The highest BCUT2D eigenvalue weighted by Gasteiger charge is 2.26. The molecule has 3 heterocycles. The molecule has 124 valence electrons. The van der Waals surface area contributed by atoms with Crippen molar-refractivity contribution >= 4 is 43.4 Å². The Balaban J connectivity index is 1.50. The monoisotopic (exact) mass is 403 g/mol. The molecule has 4 nitrogen and oxygen atoms in total. The van der Waals surface area contributed by atoms with E-state index in [0.717, 1.165) is 39.0 Å². The van der Waals surface area contributed by atoms with Crippen molar-refractivity contribution < 1.29 is 4.79 Å². The Morgan fingerprint density at radius 2 is 2.29 bits per heavy atom. The maximum atomic E-state index is 12.7. The second kappa shape index (κ2) is 6.69. The van der Waals surface area contributed by atoms with Gasteiger partial charge >= 0.3 is 0 Å². The molecule has 3 aromatic rings. The summed E-state index contributed by atoms with van der Waals surface area (Å²) in [4.78, 5) is 17.0. The Bertz CT molecular complexity index is 867. The summed E-state index contributed by atoms with van der Waals surface area (Å²) in [6, 6.07) is 7.87. The largest absolute Gasteiger partial charge is 0.350 e. The van der Waals surface area contributed by atoms with Crippen LogP contribution in [0.4, 0.5) is 0 Å². The van der Waals surface area contributed by atoms with Gasteiger partial charge in [-0.2, -0.15) is 0 Å².